The number of carbonyl (C=O) groups is 3. The van der Waals surface area contributed by atoms with Gasteiger partial charge in [-0.05, 0) is 68.6 Å². The number of carbonyl (C=O) groups excluding carboxylic acids is 3. The first-order valence-electron chi connectivity index (χ1n) is 10.4. The fraction of sp³-hybridized carbons (Fsp3) is 0.850. The lowest BCUT2D eigenvalue weighted by atomic mass is 9.54. The molecule has 4 bridgehead atoms. The van der Waals surface area contributed by atoms with Crippen molar-refractivity contribution in [3.63, 3.8) is 0 Å². The normalized spacial score (nSPS) is 37.7. The van der Waals surface area contributed by atoms with E-state index in [1.807, 2.05) is 0 Å². The van der Waals surface area contributed by atoms with Crippen LogP contribution in [0.25, 0.3) is 0 Å². The van der Waals surface area contributed by atoms with Gasteiger partial charge in [0, 0.05) is 32.5 Å². The SMILES string of the molecule is CC(=O)NCCC(=O)N1CCC[C@@H]1C(=O)NC1C2CC3CC(C2)CC1C3. The van der Waals surface area contributed by atoms with Crippen molar-refractivity contribution in [3.8, 4) is 0 Å². The zero-order valence-corrected chi connectivity index (χ0v) is 15.7. The van der Waals surface area contributed by atoms with Crippen LogP contribution in [0, 0.1) is 23.7 Å². The van der Waals surface area contributed by atoms with E-state index in [4.69, 9.17) is 0 Å². The summed E-state index contributed by atoms with van der Waals surface area (Å²) in [4.78, 5) is 38.1. The minimum absolute atomic E-state index is 0.0264. The highest BCUT2D eigenvalue weighted by molar-refractivity contribution is 5.88. The van der Waals surface area contributed by atoms with Crippen LogP contribution in [0.15, 0.2) is 0 Å². The molecule has 1 saturated heterocycles. The lowest BCUT2D eigenvalue weighted by Crippen LogP contribution is -2.58. The van der Waals surface area contributed by atoms with E-state index in [2.05, 4.69) is 10.6 Å². The molecule has 0 spiro atoms. The maximum absolute atomic E-state index is 13.0. The first-order chi connectivity index (χ1) is 12.5. The summed E-state index contributed by atoms with van der Waals surface area (Å²) in [6.07, 6.45) is 8.43. The van der Waals surface area contributed by atoms with Gasteiger partial charge in [-0.1, -0.05) is 0 Å². The summed E-state index contributed by atoms with van der Waals surface area (Å²) in [5, 5.41) is 6.02. The van der Waals surface area contributed by atoms with Crippen LogP contribution in [0.2, 0.25) is 0 Å². The summed E-state index contributed by atoms with van der Waals surface area (Å²) in [6.45, 7) is 2.44. The zero-order valence-electron chi connectivity index (χ0n) is 15.7. The Morgan fingerprint density at radius 3 is 2.27 bits per heavy atom. The lowest BCUT2D eigenvalue weighted by Gasteiger charge is -2.54. The Morgan fingerprint density at radius 1 is 1.00 bits per heavy atom. The fourth-order valence-electron chi connectivity index (χ4n) is 6.25. The van der Waals surface area contributed by atoms with E-state index >= 15 is 0 Å². The first kappa shape index (κ1) is 17.8. The molecule has 1 aliphatic heterocycles. The van der Waals surface area contributed by atoms with Crippen molar-refractivity contribution in [1.82, 2.24) is 15.5 Å². The van der Waals surface area contributed by atoms with Gasteiger partial charge in [-0.3, -0.25) is 14.4 Å². The number of hydrogen-bond donors (Lipinski definition) is 2. The minimum atomic E-state index is -0.322. The Labute approximate surface area is 155 Å². The second-order valence-electron chi connectivity index (χ2n) is 8.94. The quantitative estimate of drug-likeness (QED) is 0.778. The molecule has 5 rings (SSSR count). The Hall–Kier alpha value is -1.59. The van der Waals surface area contributed by atoms with Crippen LogP contribution in [0.5, 0.6) is 0 Å². The number of nitrogens with zero attached hydrogens (tertiary/aromatic N) is 1. The lowest BCUT2D eigenvalue weighted by molar-refractivity contribution is -0.140. The van der Waals surface area contributed by atoms with Gasteiger partial charge in [0.25, 0.3) is 0 Å². The zero-order chi connectivity index (χ0) is 18.3. The van der Waals surface area contributed by atoms with Crippen LogP contribution < -0.4 is 10.6 Å². The van der Waals surface area contributed by atoms with Crippen molar-refractivity contribution in [2.45, 2.75) is 70.4 Å². The maximum Gasteiger partial charge on any atom is 0.243 e. The topological polar surface area (TPSA) is 78.5 Å². The second-order valence-corrected chi connectivity index (χ2v) is 8.94. The van der Waals surface area contributed by atoms with Crippen LogP contribution in [0.4, 0.5) is 0 Å². The van der Waals surface area contributed by atoms with Gasteiger partial charge in [-0.2, -0.15) is 0 Å². The molecule has 6 nitrogen and oxygen atoms in total. The maximum atomic E-state index is 13.0. The molecule has 4 saturated carbocycles. The summed E-state index contributed by atoms with van der Waals surface area (Å²) < 4.78 is 0. The summed E-state index contributed by atoms with van der Waals surface area (Å²) in [5.41, 5.74) is 0. The molecule has 0 radical (unpaired) electrons. The molecular weight excluding hydrogens is 330 g/mol. The third-order valence-corrected chi connectivity index (χ3v) is 7.12. The van der Waals surface area contributed by atoms with Gasteiger partial charge in [0.15, 0.2) is 0 Å². The predicted octanol–water partition coefficient (Wildman–Crippen LogP) is 1.44. The number of amides is 3. The van der Waals surface area contributed by atoms with Crippen molar-refractivity contribution < 1.29 is 14.4 Å². The van der Waals surface area contributed by atoms with Crippen molar-refractivity contribution in [2.24, 2.45) is 23.7 Å². The van der Waals surface area contributed by atoms with E-state index in [1.165, 1.54) is 39.0 Å². The van der Waals surface area contributed by atoms with Crippen LogP contribution in [0.1, 0.15) is 58.3 Å². The Balaban J connectivity index is 1.33. The standard InChI is InChI=1S/C20H31N3O3/c1-12(24)21-5-4-18(25)23-6-2-3-17(23)20(26)22-19-15-8-13-7-14(10-15)11-16(19)9-13/h13-17,19H,2-11H2,1H3,(H,21,24)(H,22,26)/t13?,14?,15?,16?,17-,19?/m1/s1. The molecule has 5 aliphatic rings. The molecule has 0 aromatic carbocycles. The molecule has 5 fully saturated rings. The molecule has 6 heteroatoms. The molecule has 26 heavy (non-hydrogen) atoms. The van der Waals surface area contributed by atoms with E-state index < -0.39 is 0 Å². The fourth-order valence-corrected chi connectivity index (χ4v) is 6.25. The Kier molecular flexibility index (Phi) is 4.93. The van der Waals surface area contributed by atoms with Crippen LogP contribution in [-0.4, -0.2) is 47.8 Å². The average Bonchev–Trinajstić information content (AvgIpc) is 3.07. The van der Waals surface area contributed by atoms with Crippen LogP contribution >= 0.6 is 0 Å². The van der Waals surface area contributed by atoms with Crippen molar-refractivity contribution in [2.75, 3.05) is 13.1 Å². The van der Waals surface area contributed by atoms with Gasteiger partial charge < -0.3 is 15.5 Å². The third kappa shape index (κ3) is 3.47. The number of nitrogens with one attached hydrogen (secondary N) is 2. The summed E-state index contributed by atoms with van der Waals surface area (Å²) in [6, 6.07) is 0.00393. The molecule has 2 N–H and O–H groups in total. The van der Waals surface area contributed by atoms with E-state index in [0.29, 0.717) is 31.0 Å². The van der Waals surface area contributed by atoms with E-state index in [0.717, 1.165) is 24.7 Å². The van der Waals surface area contributed by atoms with Crippen molar-refractivity contribution >= 4 is 17.7 Å². The predicted molar refractivity (Wildman–Crippen MR) is 97.0 cm³/mol. The van der Waals surface area contributed by atoms with Gasteiger partial charge in [0.05, 0.1) is 0 Å². The van der Waals surface area contributed by atoms with E-state index in [9.17, 15) is 14.4 Å². The largest absolute Gasteiger partial charge is 0.356 e. The van der Waals surface area contributed by atoms with E-state index in [1.54, 1.807) is 4.90 Å². The number of hydrogen-bond acceptors (Lipinski definition) is 3. The second kappa shape index (κ2) is 7.20. The Morgan fingerprint density at radius 2 is 1.65 bits per heavy atom. The number of rotatable bonds is 5. The summed E-state index contributed by atoms with van der Waals surface area (Å²) in [7, 11) is 0. The van der Waals surface area contributed by atoms with Crippen molar-refractivity contribution in [3.05, 3.63) is 0 Å². The molecule has 0 aromatic heterocycles. The monoisotopic (exact) mass is 361 g/mol. The average molecular weight is 361 g/mol. The van der Waals surface area contributed by atoms with Crippen LogP contribution in [0.3, 0.4) is 0 Å². The molecule has 4 aliphatic carbocycles. The highest BCUT2D eigenvalue weighted by Crippen LogP contribution is 2.53. The summed E-state index contributed by atoms with van der Waals surface area (Å²) >= 11 is 0. The Bertz CT molecular complexity index is 563. The molecular formula is C20H31N3O3. The van der Waals surface area contributed by atoms with Crippen LogP contribution in [-0.2, 0) is 14.4 Å². The van der Waals surface area contributed by atoms with Gasteiger partial charge >= 0.3 is 0 Å². The highest BCUT2D eigenvalue weighted by Gasteiger charge is 2.49. The van der Waals surface area contributed by atoms with Gasteiger partial charge in [-0.15, -0.1) is 0 Å². The highest BCUT2D eigenvalue weighted by atomic mass is 16.2. The van der Waals surface area contributed by atoms with Gasteiger partial charge in [0.2, 0.25) is 17.7 Å². The minimum Gasteiger partial charge on any atom is -0.356 e. The van der Waals surface area contributed by atoms with E-state index in [-0.39, 0.29) is 30.2 Å². The molecule has 1 atom stereocenters. The first-order valence-corrected chi connectivity index (χ1v) is 10.4. The summed E-state index contributed by atoms with van der Waals surface area (Å²) in [5.74, 6) is 2.98. The third-order valence-electron chi connectivity index (χ3n) is 7.12. The molecule has 0 unspecified atom stereocenters. The number of likely N-dealkylation sites (tertiary alicyclic amines) is 1. The van der Waals surface area contributed by atoms with Gasteiger partial charge in [-0.25, -0.2) is 0 Å². The van der Waals surface area contributed by atoms with Gasteiger partial charge in [0.1, 0.15) is 6.04 Å². The molecule has 3 amide bonds. The molecule has 0 aromatic rings. The molecule has 144 valence electrons. The van der Waals surface area contributed by atoms with Crippen molar-refractivity contribution in [1.29, 1.82) is 0 Å². The smallest absolute Gasteiger partial charge is 0.243 e. The molecule has 1 heterocycles.